The minimum absolute atomic E-state index is 0.0982. The molecule has 5 fully saturated rings. The third kappa shape index (κ3) is 1.01. The van der Waals surface area contributed by atoms with E-state index in [0.717, 1.165) is 35.5 Å². The van der Waals surface area contributed by atoms with Gasteiger partial charge in [-0.3, -0.25) is 0 Å². The number of aliphatic hydroxyl groups excluding tert-OH is 2. The average Bonchev–Trinajstić information content (AvgIpc) is 3.19. The van der Waals surface area contributed by atoms with Crippen molar-refractivity contribution in [1.29, 1.82) is 0 Å². The number of hydrogen-bond acceptors (Lipinski definition) is 2. The maximum Gasteiger partial charge on any atom is 0.0499 e. The minimum Gasteiger partial charge on any atom is -0.396 e. The predicted octanol–water partition coefficient (Wildman–Crippen LogP) is 2.44. The lowest BCUT2D eigenvalue weighted by atomic mass is 9.54. The van der Waals surface area contributed by atoms with Gasteiger partial charge in [-0.05, 0) is 80.5 Å². The van der Waals surface area contributed by atoms with Crippen molar-refractivity contribution in [2.45, 2.75) is 44.9 Å². The lowest BCUT2D eigenvalue weighted by Crippen LogP contribution is -2.52. The molecule has 0 aromatic heterocycles. The molecular weight excluding hydrogens is 236 g/mol. The molecule has 0 aromatic rings. The van der Waals surface area contributed by atoms with E-state index in [-0.39, 0.29) is 10.8 Å². The fraction of sp³-hybridized carbons (Fsp3) is 1.00. The van der Waals surface area contributed by atoms with Gasteiger partial charge in [0.15, 0.2) is 0 Å². The highest BCUT2D eigenvalue weighted by Crippen LogP contribution is 2.80. The molecular formula is C17H26O2. The van der Waals surface area contributed by atoms with E-state index >= 15 is 0 Å². The van der Waals surface area contributed by atoms with Crippen molar-refractivity contribution in [2.75, 3.05) is 13.2 Å². The summed E-state index contributed by atoms with van der Waals surface area (Å²) in [7, 11) is 0. The number of fused-ring (bicyclic) bond motifs is 11. The van der Waals surface area contributed by atoms with Crippen LogP contribution in [0.25, 0.3) is 0 Å². The zero-order valence-corrected chi connectivity index (χ0v) is 11.7. The van der Waals surface area contributed by atoms with Crippen LogP contribution in [0.1, 0.15) is 44.9 Å². The summed E-state index contributed by atoms with van der Waals surface area (Å²) in [6.45, 7) is 0.695. The molecule has 5 saturated carbocycles. The zero-order chi connectivity index (χ0) is 12.8. The van der Waals surface area contributed by atoms with Gasteiger partial charge in [0.1, 0.15) is 0 Å². The van der Waals surface area contributed by atoms with Gasteiger partial charge in [-0.25, -0.2) is 0 Å². The second-order valence-corrected chi connectivity index (χ2v) is 8.50. The van der Waals surface area contributed by atoms with E-state index < -0.39 is 0 Å². The Kier molecular flexibility index (Phi) is 2.06. The molecule has 0 amide bonds. The summed E-state index contributed by atoms with van der Waals surface area (Å²) >= 11 is 0. The van der Waals surface area contributed by atoms with Crippen molar-refractivity contribution < 1.29 is 10.2 Å². The third-order valence-electron chi connectivity index (χ3n) is 8.64. The molecule has 8 atom stereocenters. The maximum absolute atomic E-state index is 10.4. The van der Waals surface area contributed by atoms with Gasteiger partial charge in [0, 0.05) is 24.0 Å². The molecule has 19 heavy (non-hydrogen) atoms. The molecule has 2 nitrogen and oxygen atoms in total. The van der Waals surface area contributed by atoms with Crippen molar-refractivity contribution >= 4 is 0 Å². The van der Waals surface area contributed by atoms with Crippen LogP contribution in [0.4, 0.5) is 0 Å². The van der Waals surface area contributed by atoms with Crippen LogP contribution in [0.3, 0.4) is 0 Å². The highest BCUT2D eigenvalue weighted by atomic mass is 16.3. The van der Waals surface area contributed by atoms with Gasteiger partial charge in [-0.2, -0.15) is 0 Å². The van der Waals surface area contributed by atoms with Gasteiger partial charge < -0.3 is 10.2 Å². The van der Waals surface area contributed by atoms with Crippen LogP contribution in [0.2, 0.25) is 0 Å². The van der Waals surface area contributed by atoms with Gasteiger partial charge in [-0.1, -0.05) is 0 Å². The van der Waals surface area contributed by atoms with Crippen molar-refractivity contribution in [2.24, 2.45) is 46.3 Å². The molecule has 2 N–H and O–H groups in total. The highest BCUT2D eigenvalue weighted by molar-refractivity contribution is 5.23. The summed E-state index contributed by atoms with van der Waals surface area (Å²) in [5.41, 5.74) is 0.218. The van der Waals surface area contributed by atoms with E-state index in [1.54, 1.807) is 0 Å². The Morgan fingerprint density at radius 1 is 0.895 bits per heavy atom. The fourth-order valence-corrected chi connectivity index (χ4v) is 8.28. The van der Waals surface area contributed by atoms with Crippen molar-refractivity contribution in [3.05, 3.63) is 0 Å². The first-order valence-corrected chi connectivity index (χ1v) is 8.47. The van der Waals surface area contributed by atoms with E-state index in [0.29, 0.717) is 13.2 Å². The van der Waals surface area contributed by atoms with Crippen LogP contribution < -0.4 is 0 Å². The first-order valence-electron chi connectivity index (χ1n) is 8.47. The molecule has 0 heterocycles. The Bertz CT molecular complexity index is 421. The molecule has 5 aliphatic carbocycles. The maximum atomic E-state index is 10.4. The highest BCUT2D eigenvalue weighted by Gasteiger charge is 2.76. The van der Waals surface area contributed by atoms with E-state index in [2.05, 4.69) is 0 Å². The molecule has 0 saturated heterocycles. The molecule has 0 aromatic carbocycles. The summed E-state index contributed by atoms with van der Waals surface area (Å²) in [5, 5.41) is 20.6. The van der Waals surface area contributed by atoms with Crippen LogP contribution >= 0.6 is 0 Å². The topological polar surface area (TPSA) is 40.5 Å². The average molecular weight is 262 g/mol. The molecule has 0 radical (unpaired) electrons. The minimum atomic E-state index is 0.0982. The Hall–Kier alpha value is -0.0800. The van der Waals surface area contributed by atoms with Crippen LogP contribution in [-0.4, -0.2) is 23.4 Å². The monoisotopic (exact) mass is 262 g/mol. The van der Waals surface area contributed by atoms with Crippen LogP contribution in [0, 0.1) is 46.3 Å². The number of rotatable bonds is 2. The summed E-state index contributed by atoms with van der Waals surface area (Å²) in [4.78, 5) is 0. The lowest BCUT2D eigenvalue weighted by Gasteiger charge is -2.51. The predicted molar refractivity (Wildman–Crippen MR) is 72.3 cm³/mol. The molecule has 8 unspecified atom stereocenters. The first kappa shape index (κ1) is 11.6. The van der Waals surface area contributed by atoms with E-state index in [9.17, 15) is 10.2 Å². The van der Waals surface area contributed by atoms with Crippen molar-refractivity contribution in [3.63, 3.8) is 0 Å². The molecule has 2 heteroatoms. The van der Waals surface area contributed by atoms with Crippen LogP contribution in [-0.2, 0) is 0 Å². The van der Waals surface area contributed by atoms with Crippen LogP contribution in [0.15, 0.2) is 0 Å². The smallest absolute Gasteiger partial charge is 0.0499 e. The number of aliphatic hydroxyl groups is 2. The lowest BCUT2D eigenvalue weighted by molar-refractivity contribution is -0.105. The molecule has 106 valence electrons. The van der Waals surface area contributed by atoms with E-state index in [4.69, 9.17) is 0 Å². The summed E-state index contributed by atoms with van der Waals surface area (Å²) in [6, 6.07) is 0. The first-order chi connectivity index (χ1) is 9.26. The third-order valence-corrected chi connectivity index (χ3v) is 8.64. The second kappa shape index (κ2) is 3.39. The summed E-state index contributed by atoms with van der Waals surface area (Å²) in [6.07, 6.45) is 9.42. The molecule has 5 rings (SSSR count). The summed E-state index contributed by atoms with van der Waals surface area (Å²) in [5.74, 6) is 5.09. The normalized spacial score (nSPS) is 64.7. The number of hydrogen-bond donors (Lipinski definition) is 2. The van der Waals surface area contributed by atoms with E-state index in [1.165, 1.54) is 44.9 Å². The second-order valence-electron chi connectivity index (χ2n) is 8.50. The van der Waals surface area contributed by atoms with Gasteiger partial charge in [0.2, 0.25) is 0 Å². The van der Waals surface area contributed by atoms with Crippen molar-refractivity contribution in [3.8, 4) is 0 Å². The van der Waals surface area contributed by atoms with E-state index in [1.807, 2.05) is 0 Å². The largest absolute Gasteiger partial charge is 0.396 e. The molecule has 0 spiro atoms. The van der Waals surface area contributed by atoms with Gasteiger partial charge in [-0.15, -0.1) is 0 Å². The zero-order valence-electron chi connectivity index (χ0n) is 11.7. The molecule has 4 bridgehead atoms. The molecule has 5 aliphatic rings. The SMILES string of the molecule is OCC12CCC(C1)C1CC3C4CCC(C4)C3C12CO. The Labute approximate surface area is 115 Å². The molecule has 0 aliphatic heterocycles. The Morgan fingerprint density at radius 3 is 2.53 bits per heavy atom. The van der Waals surface area contributed by atoms with Gasteiger partial charge >= 0.3 is 0 Å². The van der Waals surface area contributed by atoms with Crippen molar-refractivity contribution in [1.82, 2.24) is 0 Å². The Morgan fingerprint density at radius 2 is 1.74 bits per heavy atom. The van der Waals surface area contributed by atoms with Crippen LogP contribution in [0.5, 0.6) is 0 Å². The van der Waals surface area contributed by atoms with Gasteiger partial charge in [0.05, 0.1) is 0 Å². The fourth-order valence-electron chi connectivity index (χ4n) is 8.28. The summed E-state index contributed by atoms with van der Waals surface area (Å²) < 4.78 is 0. The standard InChI is InChI=1S/C17H26O2/c18-8-16-4-3-12(7-16)14-6-13-10-1-2-11(5-10)15(13)17(14,16)9-19/h10-15,18-19H,1-9H2. The van der Waals surface area contributed by atoms with Gasteiger partial charge in [0.25, 0.3) is 0 Å². The Balaban J connectivity index is 1.66. The quantitative estimate of drug-likeness (QED) is 0.802.